The van der Waals surface area contributed by atoms with Gasteiger partial charge < -0.3 is 14.4 Å². The van der Waals surface area contributed by atoms with Crippen LogP contribution in [0.15, 0.2) is 24.3 Å². The smallest absolute Gasteiger partial charge is 0.356 e. The van der Waals surface area contributed by atoms with Crippen molar-refractivity contribution in [2.45, 2.75) is 6.92 Å². The summed E-state index contributed by atoms with van der Waals surface area (Å²) in [6, 6.07) is 7.44. The van der Waals surface area contributed by atoms with Gasteiger partial charge in [0.15, 0.2) is 5.69 Å². The molecule has 1 aromatic heterocycles. The third kappa shape index (κ3) is 2.66. The number of pyridine rings is 1. The molecule has 2 aromatic rings. The van der Waals surface area contributed by atoms with Crippen molar-refractivity contribution in [3.05, 3.63) is 30.0 Å². The lowest BCUT2D eigenvalue weighted by molar-refractivity contribution is 0.0594. The molecule has 0 amide bonds. The zero-order chi connectivity index (χ0) is 14.7. The number of esters is 1. The van der Waals surface area contributed by atoms with E-state index in [-0.39, 0.29) is 5.69 Å². The zero-order valence-electron chi connectivity index (χ0n) is 12.1. The summed E-state index contributed by atoms with van der Waals surface area (Å²) in [5.41, 5.74) is 2.01. The van der Waals surface area contributed by atoms with Crippen molar-refractivity contribution in [1.29, 1.82) is 0 Å². The minimum Gasteiger partial charge on any atom is -0.493 e. The fourth-order valence-corrected chi connectivity index (χ4v) is 1.95. The normalized spacial score (nSPS) is 10.4. The van der Waals surface area contributed by atoms with Gasteiger partial charge in [-0.3, -0.25) is 0 Å². The van der Waals surface area contributed by atoms with Crippen molar-refractivity contribution >= 4 is 22.6 Å². The van der Waals surface area contributed by atoms with E-state index in [0.717, 1.165) is 11.1 Å². The Bertz CT molecular complexity index is 638. The molecule has 0 saturated carbocycles. The third-order valence-corrected chi connectivity index (χ3v) is 2.97. The molecule has 5 nitrogen and oxygen atoms in total. The standard InChI is InChI=1S/C15H18N2O3/c1-5-20-14-9-13(15(18)19-4)16-12-7-6-10(17(2)3)8-11(12)14/h6-9H,5H2,1-4H3. The van der Waals surface area contributed by atoms with E-state index in [1.807, 2.05) is 44.1 Å². The maximum Gasteiger partial charge on any atom is 0.356 e. The van der Waals surface area contributed by atoms with Crippen LogP contribution in [0.25, 0.3) is 10.9 Å². The van der Waals surface area contributed by atoms with Crippen LogP contribution in [0.5, 0.6) is 5.75 Å². The summed E-state index contributed by atoms with van der Waals surface area (Å²) < 4.78 is 10.3. The highest BCUT2D eigenvalue weighted by Gasteiger charge is 2.13. The van der Waals surface area contributed by atoms with Crippen LogP contribution in [-0.4, -0.2) is 38.8 Å². The molecule has 0 aliphatic carbocycles. The zero-order valence-corrected chi connectivity index (χ0v) is 12.1. The van der Waals surface area contributed by atoms with Crippen molar-refractivity contribution in [3.8, 4) is 5.75 Å². The first kappa shape index (κ1) is 14.1. The summed E-state index contributed by atoms with van der Waals surface area (Å²) >= 11 is 0. The Balaban J connectivity index is 2.64. The van der Waals surface area contributed by atoms with Gasteiger partial charge >= 0.3 is 5.97 Å². The summed E-state index contributed by atoms with van der Waals surface area (Å²) in [6.45, 7) is 2.42. The maximum atomic E-state index is 11.6. The lowest BCUT2D eigenvalue weighted by Gasteiger charge is -2.15. The molecule has 1 aromatic carbocycles. The Hall–Kier alpha value is -2.30. The second-order valence-electron chi connectivity index (χ2n) is 4.53. The molecule has 0 aliphatic rings. The van der Waals surface area contributed by atoms with Crippen molar-refractivity contribution in [2.24, 2.45) is 0 Å². The highest BCUT2D eigenvalue weighted by Crippen LogP contribution is 2.29. The molecule has 106 valence electrons. The molecule has 0 atom stereocenters. The van der Waals surface area contributed by atoms with Crippen molar-refractivity contribution in [2.75, 3.05) is 32.7 Å². The molecule has 0 spiro atoms. The van der Waals surface area contributed by atoms with Crippen molar-refractivity contribution < 1.29 is 14.3 Å². The van der Waals surface area contributed by atoms with Crippen LogP contribution in [0.1, 0.15) is 17.4 Å². The van der Waals surface area contributed by atoms with Gasteiger partial charge in [0.05, 0.1) is 19.2 Å². The van der Waals surface area contributed by atoms with Gasteiger partial charge in [-0.05, 0) is 25.1 Å². The number of aromatic nitrogens is 1. The van der Waals surface area contributed by atoms with Gasteiger partial charge in [-0.25, -0.2) is 9.78 Å². The predicted octanol–water partition coefficient (Wildman–Crippen LogP) is 2.49. The Morgan fingerprint density at radius 2 is 2.05 bits per heavy atom. The number of benzene rings is 1. The minimum absolute atomic E-state index is 0.251. The van der Waals surface area contributed by atoms with Crippen molar-refractivity contribution in [1.82, 2.24) is 4.98 Å². The van der Waals surface area contributed by atoms with E-state index in [1.54, 1.807) is 6.07 Å². The summed E-state index contributed by atoms with van der Waals surface area (Å²) in [6.07, 6.45) is 0. The Labute approximate surface area is 118 Å². The molecule has 0 unspecified atom stereocenters. The van der Waals surface area contributed by atoms with Crippen LogP contribution in [0, 0.1) is 0 Å². The molecule has 0 saturated heterocycles. The molecular weight excluding hydrogens is 256 g/mol. The summed E-state index contributed by atoms with van der Waals surface area (Å²) in [5.74, 6) is 0.172. The average Bonchev–Trinajstić information content (AvgIpc) is 2.45. The van der Waals surface area contributed by atoms with Gasteiger partial charge in [-0.1, -0.05) is 0 Å². The third-order valence-electron chi connectivity index (χ3n) is 2.97. The lowest BCUT2D eigenvalue weighted by Crippen LogP contribution is -2.09. The molecule has 20 heavy (non-hydrogen) atoms. The van der Waals surface area contributed by atoms with E-state index in [0.29, 0.717) is 17.9 Å². The van der Waals surface area contributed by atoms with Gasteiger partial charge in [-0.15, -0.1) is 0 Å². The molecule has 2 rings (SSSR count). The minimum atomic E-state index is -0.468. The molecule has 0 fully saturated rings. The van der Waals surface area contributed by atoms with E-state index in [4.69, 9.17) is 9.47 Å². The van der Waals surface area contributed by atoms with E-state index < -0.39 is 5.97 Å². The van der Waals surface area contributed by atoms with Gasteiger partial charge in [0.1, 0.15) is 5.75 Å². The second kappa shape index (κ2) is 5.77. The molecule has 0 radical (unpaired) electrons. The van der Waals surface area contributed by atoms with Crippen LogP contribution in [-0.2, 0) is 4.74 Å². The van der Waals surface area contributed by atoms with E-state index in [9.17, 15) is 4.79 Å². The summed E-state index contributed by atoms with van der Waals surface area (Å²) in [5, 5.41) is 0.880. The van der Waals surface area contributed by atoms with Gasteiger partial charge in [0.2, 0.25) is 0 Å². The van der Waals surface area contributed by atoms with Crippen LogP contribution in [0.2, 0.25) is 0 Å². The van der Waals surface area contributed by atoms with Crippen LogP contribution in [0.3, 0.4) is 0 Å². The molecule has 0 N–H and O–H groups in total. The van der Waals surface area contributed by atoms with Crippen molar-refractivity contribution in [3.63, 3.8) is 0 Å². The molecule has 0 aliphatic heterocycles. The SMILES string of the molecule is CCOc1cc(C(=O)OC)nc2ccc(N(C)C)cc12. The number of carbonyl (C=O) groups excluding carboxylic acids is 1. The number of fused-ring (bicyclic) bond motifs is 1. The Morgan fingerprint density at radius 3 is 2.65 bits per heavy atom. The summed E-state index contributed by atoms with van der Waals surface area (Å²) in [7, 11) is 5.28. The maximum absolute atomic E-state index is 11.6. The highest BCUT2D eigenvalue weighted by atomic mass is 16.5. The number of rotatable bonds is 4. The number of anilines is 1. The highest BCUT2D eigenvalue weighted by molar-refractivity contribution is 5.95. The predicted molar refractivity (Wildman–Crippen MR) is 78.6 cm³/mol. The first-order valence-corrected chi connectivity index (χ1v) is 6.40. The molecule has 1 heterocycles. The van der Waals surface area contributed by atoms with E-state index >= 15 is 0 Å². The summed E-state index contributed by atoms with van der Waals surface area (Å²) in [4.78, 5) is 18.0. The van der Waals surface area contributed by atoms with Gasteiger partial charge in [0.25, 0.3) is 0 Å². The Morgan fingerprint density at radius 1 is 1.30 bits per heavy atom. The first-order chi connectivity index (χ1) is 9.56. The largest absolute Gasteiger partial charge is 0.493 e. The van der Waals surface area contributed by atoms with E-state index in [1.165, 1.54) is 7.11 Å². The van der Waals surface area contributed by atoms with Crippen LogP contribution >= 0.6 is 0 Å². The topological polar surface area (TPSA) is 51.7 Å². The first-order valence-electron chi connectivity index (χ1n) is 6.40. The quantitative estimate of drug-likeness (QED) is 0.802. The van der Waals surface area contributed by atoms with Crippen LogP contribution < -0.4 is 9.64 Å². The number of nitrogens with zero attached hydrogens (tertiary/aromatic N) is 2. The molecular formula is C15H18N2O3. The molecule has 5 heteroatoms. The van der Waals surface area contributed by atoms with Crippen LogP contribution in [0.4, 0.5) is 5.69 Å². The lowest BCUT2D eigenvalue weighted by atomic mass is 10.1. The van der Waals surface area contributed by atoms with Gasteiger partial charge in [-0.2, -0.15) is 0 Å². The monoisotopic (exact) mass is 274 g/mol. The number of carbonyl (C=O) groups is 1. The average molecular weight is 274 g/mol. The number of ether oxygens (including phenoxy) is 2. The van der Waals surface area contributed by atoms with E-state index in [2.05, 4.69) is 4.98 Å². The molecule has 0 bridgehead atoms. The van der Waals surface area contributed by atoms with Gasteiger partial charge in [0, 0.05) is 31.2 Å². The number of hydrogen-bond acceptors (Lipinski definition) is 5. The number of methoxy groups -OCH3 is 1. The fraction of sp³-hybridized carbons (Fsp3) is 0.333. The second-order valence-corrected chi connectivity index (χ2v) is 4.53. The number of hydrogen-bond donors (Lipinski definition) is 0. The Kier molecular flexibility index (Phi) is 4.08. The fourth-order valence-electron chi connectivity index (χ4n) is 1.95.